The van der Waals surface area contributed by atoms with Gasteiger partial charge in [-0.2, -0.15) is 0 Å². The van der Waals surface area contributed by atoms with Gasteiger partial charge in [0, 0.05) is 23.7 Å². The second-order valence-electron chi connectivity index (χ2n) is 5.81. The lowest BCUT2D eigenvalue weighted by Crippen LogP contribution is -2.17. The molecule has 2 nitrogen and oxygen atoms in total. The Morgan fingerprint density at radius 3 is 2.40 bits per heavy atom. The Balaban J connectivity index is 1.90. The van der Waals surface area contributed by atoms with Crippen molar-refractivity contribution in [1.82, 2.24) is 10.3 Å². The van der Waals surface area contributed by atoms with Crippen molar-refractivity contribution in [3.05, 3.63) is 51.5 Å². The summed E-state index contributed by atoms with van der Waals surface area (Å²) >= 11 is 1.76. The third-order valence-electron chi connectivity index (χ3n) is 3.35. The van der Waals surface area contributed by atoms with Crippen LogP contribution in [0.4, 0.5) is 0 Å². The van der Waals surface area contributed by atoms with Crippen LogP contribution >= 0.6 is 11.3 Å². The fraction of sp³-hybridized carbons (Fsp3) is 0.471. The van der Waals surface area contributed by atoms with Crippen LogP contribution in [0.2, 0.25) is 0 Å². The smallest absolute Gasteiger partial charge is 0.107 e. The highest BCUT2D eigenvalue weighted by atomic mass is 32.1. The lowest BCUT2D eigenvalue weighted by atomic mass is 10.00. The maximum Gasteiger partial charge on any atom is 0.107 e. The molecule has 108 valence electrons. The summed E-state index contributed by atoms with van der Waals surface area (Å²) in [5.74, 6) is 0.713. The first-order valence-corrected chi connectivity index (χ1v) is 8.09. The van der Waals surface area contributed by atoms with E-state index in [1.165, 1.54) is 16.0 Å². The van der Waals surface area contributed by atoms with E-state index in [4.69, 9.17) is 0 Å². The molecule has 0 aliphatic rings. The van der Waals surface area contributed by atoms with Crippen LogP contribution < -0.4 is 5.32 Å². The lowest BCUT2D eigenvalue weighted by Gasteiger charge is -2.14. The zero-order valence-electron chi connectivity index (χ0n) is 12.8. The van der Waals surface area contributed by atoms with E-state index >= 15 is 0 Å². The normalized spacial score (nSPS) is 12.8. The molecule has 0 aliphatic carbocycles. The van der Waals surface area contributed by atoms with Crippen molar-refractivity contribution in [1.29, 1.82) is 0 Å². The van der Waals surface area contributed by atoms with Crippen LogP contribution in [0.15, 0.2) is 30.5 Å². The predicted octanol–water partition coefficient (Wildman–Crippen LogP) is 4.50. The third kappa shape index (κ3) is 4.43. The van der Waals surface area contributed by atoms with E-state index < -0.39 is 0 Å². The molecule has 1 aromatic heterocycles. The van der Waals surface area contributed by atoms with Gasteiger partial charge in [0.1, 0.15) is 5.01 Å². The molecule has 0 bridgehead atoms. The van der Waals surface area contributed by atoms with Crippen molar-refractivity contribution in [3.63, 3.8) is 0 Å². The number of rotatable bonds is 6. The van der Waals surface area contributed by atoms with E-state index in [1.807, 2.05) is 6.20 Å². The summed E-state index contributed by atoms with van der Waals surface area (Å²) < 4.78 is 0. The van der Waals surface area contributed by atoms with E-state index in [-0.39, 0.29) is 0 Å². The maximum absolute atomic E-state index is 4.38. The molecule has 2 rings (SSSR count). The number of nitrogens with one attached hydrogen (secondary N) is 1. The molecule has 1 atom stereocenters. The highest BCUT2D eigenvalue weighted by Crippen LogP contribution is 2.17. The summed E-state index contributed by atoms with van der Waals surface area (Å²) in [6.45, 7) is 9.66. The molecular weight excluding hydrogens is 264 g/mol. The van der Waals surface area contributed by atoms with Gasteiger partial charge >= 0.3 is 0 Å². The number of thiazole rings is 1. The molecule has 1 N–H and O–H groups in total. The van der Waals surface area contributed by atoms with E-state index in [0.29, 0.717) is 12.0 Å². The zero-order chi connectivity index (χ0) is 14.5. The predicted molar refractivity (Wildman–Crippen MR) is 87.1 cm³/mol. The zero-order valence-corrected chi connectivity index (χ0v) is 13.6. The highest BCUT2D eigenvalue weighted by molar-refractivity contribution is 7.11. The second-order valence-corrected chi connectivity index (χ2v) is 7.13. The van der Waals surface area contributed by atoms with Crippen molar-refractivity contribution in [2.24, 2.45) is 5.92 Å². The Bertz CT molecular complexity index is 528. The first-order valence-electron chi connectivity index (χ1n) is 7.28. The topological polar surface area (TPSA) is 24.9 Å². The number of hydrogen-bond donors (Lipinski definition) is 1. The molecule has 1 unspecified atom stereocenters. The standard InChI is InChI=1S/C17H24N2S/c1-12(2)9-15-5-7-16(8-6-15)14(4)18-11-17-19-10-13(3)20-17/h5-8,10,12,14,18H,9,11H2,1-4H3. The van der Waals surface area contributed by atoms with E-state index in [2.05, 4.69) is 62.3 Å². The Hall–Kier alpha value is -1.19. The molecule has 1 aromatic carbocycles. The van der Waals surface area contributed by atoms with Crippen molar-refractivity contribution in [3.8, 4) is 0 Å². The minimum atomic E-state index is 0.354. The Morgan fingerprint density at radius 1 is 1.15 bits per heavy atom. The second kappa shape index (κ2) is 7.00. The van der Waals surface area contributed by atoms with Gasteiger partial charge in [-0.05, 0) is 37.3 Å². The summed E-state index contributed by atoms with van der Waals surface area (Å²) in [6, 6.07) is 9.33. The van der Waals surface area contributed by atoms with Gasteiger partial charge in [0.25, 0.3) is 0 Å². The van der Waals surface area contributed by atoms with Crippen LogP contribution in [0.25, 0.3) is 0 Å². The fourth-order valence-electron chi connectivity index (χ4n) is 2.26. The number of benzene rings is 1. The minimum Gasteiger partial charge on any atom is -0.304 e. The van der Waals surface area contributed by atoms with Crippen molar-refractivity contribution < 1.29 is 0 Å². The molecule has 0 amide bonds. The fourth-order valence-corrected chi connectivity index (χ4v) is 2.99. The molecule has 1 heterocycles. The van der Waals surface area contributed by atoms with Crippen LogP contribution in [0.5, 0.6) is 0 Å². The summed E-state index contributed by atoms with van der Waals surface area (Å²) in [4.78, 5) is 5.66. The molecule has 0 radical (unpaired) electrons. The average Bonchev–Trinajstić information content (AvgIpc) is 2.82. The Morgan fingerprint density at radius 2 is 1.85 bits per heavy atom. The van der Waals surface area contributed by atoms with Gasteiger partial charge in [0.2, 0.25) is 0 Å². The van der Waals surface area contributed by atoms with E-state index in [1.54, 1.807) is 11.3 Å². The monoisotopic (exact) mass is 288 g/mol. The number of nitrogens with zero attached hydrogens (tertiary/aromatic N) is 1. The van der Waals surface area contributed by atoms with Gasteiger partial charge < -0.3 is 5.32 Å². The van der Waals surface area contributed by atoms with Crippen LogP contribution in [0.1, 0.15) is 47.8 Å². The highest BCUT2D eigenvalue weighted by Gasteiger charge is 2.07. The molecule has 0 fully saturated rings. The SMILES string of the molecule is Cc1cnc(CNC(C)c2ccc(CC(C)C)cc2)s1. The Labute approximate surface area is 126 Å². The number of hydrogen-bond acceptors (Lipinski definition) is 3. The van der Waals surface area contributed by atoms with E-state index in [9.17, 15) is 0 Å². The molecular formula is C17H24N2S. The van der Waals surface area contributed by atoms with Crippen LogP contribution in [0.3, 0.4) is 0 Å². The number of aromatic nitrogens is 1. The van der Waals surface area contributed by atoms with Gasteiger partial charge in [-0.25, -0.2) is 4.98 Å². The van der Waals surface area contributed by atoms with Crippen LogP contribution in [-0.4, -0.2) is 4.98 Å². The van der Waals surface area contributed by atoms with Crippen molar-refractivity contribution in [2.45, 2.75) is 46.7 Å². The summed E-state index contributed by atoms with van der Waals surface area (Å²) in [5.41, 5.74) is 2.76. The summed E-state index contributed by atoms with van der Waals surface area (Å²) in [6.07, 6.45) is 3.09. The van der Waals surface area contributed by atoms with Gasteiger partial charge in [0.05, 0.1) is 0 Å². The quantitative estimate of drug-likeness (QED) is 0.846. The van der Waals surface area contributed by atoms with Gasteiger partial charge in [0.15, 0.2) is 0 Å². The average molecular weight is 288 g/mol. The Kier molecular flexibility index (Phi) is 5.32. The van der Waals surface area contributed by atoms with Gasteiger partial charge in [-0.3, -0.25) is 0 Å². The summed E-state index contributed by atoms with van der Waals surface area (Å²) in [7, 11) is 0. The van der Waals surface area contributed by atoms with E-state index in [0.717, 1.165) is 18.0 Å². The minimum absolute atomic E-state index is 0.354. The first-order chi connectivity index (χ1) is 9.54. The van der Waals surface area contributed by atoms with Crippen LogP contribution in [-0.2, 0) is 13.0 Å². The maximum atomic E-state index is 4.38. The number of aryl methyl sites for hydroxylation is 1. The molecule has 0 spiro atoms. The van der Waals surface area contributed by atoms with Gasteiger partial charge in [-0.15, -0.1) is 11.3 Å². The van der Waals surface area contributed by atoms with Gasteiger partial charge in [-0.1, -0.05) is 38.1 Å². The lowest BCUT2D eigenvalue weighted by molar-refractivity contribution is 0.572. The van der Waals surface area contributed by atoms with Crippen LogP contribution in [0, 0.1) is 12.8 Å². The summed E-state index contributed by atoms with van der Waals surface area (Å²) in [5, 5.41) is 4.69. The molecule has 20 heavy (non-hydrogen) atoms. The van der Waals surface area contributed by atoms with Crippen molar-refractivity contribution >= 4 is 11.3 Å². The third-order valence-corrected chi connectivity index (χ3v) is 4.27. The van der Waals surface area contributed by atoms with Crippen molar-refractivity contribution in [2.75, 3.05) is 0 Å². The molecule has 3 heteroatoms. The molecule has 0 saturated carbocycles. The molecule has 0 aliphatic heterocycles. The molecule has 0 saturated heterocycles. The first kappa shape index (κ1) is 15.2. The largest absolute Gasteiger partial charge is 0.304 e. The molecule has 2 aromatic rings.